The molecule has 3 rings (SSSR count). The third-order valence-electron chi connectivity index (χ3n) is 11.7. The number of amides is 12. The zero-order valence-electron chi connectivity index (χ0n) is 45.6. The molecular formula is C47H67N19O19. The first-order chi connectivity index (χ1) is 40.1. The van der Waals surface area contributed by atoms with Crippen molar-refractivity contribution in [3.63, 3.8) is 0 Å². The predicted molar refractivity (Wildman–Crippen MR) is 283 cm³/mol. The lowest BCUT2D eigenvalue weighted by molar-refractivity contribution is -0.147. The molecular weight excluding hydrogens is 1130 g/mol. The number of aliphatic carboxylic acids is 3. The number of aliphatic hydroxyl groups is 1. The van der Waals surface area contributed by atoms with Crippen LogP contribution in [0.4, 0.5) is 0 Å². The fourth-order valence-electron chi connectivity index (χ4n) is 7.36. The fourth-order valence-corrected chi connectivity index (χ4v) is 7.36. The number of imidazole rings is 3. The number of nitrogens with zero attached hydrogens (tertiary/aromatic N) is 3. The van der Waals surface area contributed by atoms with Crippen LogP contribution in [0.3, 0.4) is 0 Å². The Kier molecular flexibility index (Phi) is 28.2. The van der Waals surface area contributed by atoms with E-state index in [9.17, 15) is 87.2 Å². The van der Waals surface area contributed by atoms with E-state index in [1.807, 2.05) is 5.32 Å². The molecule has 0 saturated carbocycles. The van der Waals surface area contributed by atoms with Crippen LogP contribution < -0.4 is 70.0 Å². The summed E-state index contributed by atoms with van der Waals surface area (Å²) >= 11 is 0. The average Bonchev–Trinajstić information content (AvgIpc) is 4.42. The van der Waals surface area contributed by atoms with Crippen molar-refractivity contribution >= 4 is 88.8 Å². The number of carbonyl (C=O) groups excluding carboxylic acids is 12. The minimum absolute atomic E-state index is 0.0265. The van der Waals surface area contributed by atoms with E-state index in [0.29, 0.717) is 5.69 Å². The summed E-state index contributed by atoms with van der Waals surface area (Å²) in [6, 6.07) is -12.7. The number of nitrogens with one attached hydrogen (secondary N) is 14. The maximum absolute atomic E-state index is 13.8. The molecule has 3 aromatic heterocycles. The summed E-state index contributed by atoms with van der Waals surface area (Å²) in [5.74, 6) is -17.8. The lowest BCUT2D eigenvalue weighted by Gasteiger charge is -2.25. The van der Waals surface area contributed by atoms with E-state index in [0.717, 1.165) is 0 Å². The minimum atomic E-state index is -1.85. The highest BCUT2D eigenvalue weighted by molar-refractivity contribution is 5.98. The molecule has 0 aliphatic rings. The maximum atomic E-state index is 13.8. The monoisotopic (exact) mass is 1200 g/mol. The second kappa shape index (κ2) is 34.8. The molecule has 38 nitrogen and oxygen atoms in total. The number of rotatable bonds is 38. The Morgan fingerprint density at radius 1 is 0.471 bits per heavy atom. The molecule has 0 bridgehead atoms. The van der Waals surface area contributed by atoms with Gasteiger partial charge in [0, 0.05) is 61.4 Å². The molecule has 85 heavy (non-hydrogen) atoms. The van der Waals surface area contributed by atoms with Crippen LogP contribution in [0.5, 0.6) is 0 Å². The molecule has 0 spiro atoms. The number of carboxylic acids is 3. The van der Waals surface area contributed by atoms with Crippen molar-refractivity contribution in [2.45, 2.75) is 107 Å². The second-order valence-electron chi connectivity index (χ2n) is 18.9. The largest absolute Gasteiger partial charge is 0.481 e. The molecule has 3 aromatic rings. The van der Waals surface area contributed by atoms with Crippen molar-refractivity contribution in [2.24, 2.45) is 17.4 Å². The van der Waals surface area contributed by atoms with E-state index >= 15 is 0 Å². The number of hydrogen-bond acceptors (Lipinski definition) is 20. The normalized spacial score (nSPS) is 13.7. The molecule has 0 unspecified atom stereocenters. The predicted octanol–water partition coefficient (Wildman–Crippen LogP) is -9.98. The summed E-state index contributed by atoms with van der Waals surface area (Å²) in [5, 5.41) is 62.2. The van der Waals surface area contributed by atoms with Gasteiger partial charge in [-0.2, -0.15) is 0 Å². The molecule has 12 amide bonds. The third kappa shape index (κ3) is 25.5. The van der Waals surface area contributed by atoms with Gasteiger partial charge in [-0.3, -0.25) is 67.1 Å². The Balaban J connectivity index is 1.64. The van der Waals surface area contributed by atoms with Crippen LogP contribution in [-0.4, -0.2) is 220 Å². The van der Waals surface area contributed by atoms with Crippen LogP contribution in [0.15, 0.2) is 37.6 Å². The molecule has 3 heterocycles. The molecule has 0 saturated heterocycles. The minimum Gasteiger partial charge on any atom is -0.481 e. The Morgan fingerprint density at radius 3 is 1.27 bits per heavy atom. The number of hydrogen-bond donors (Lipinski definition) is 20. The van der Waals surface area contributed by atoms with E-state index < -0.39 is 202 Å². The van der Waals surface area contributed by atoms with Crippen LogP contribution >= 0.6 is 0 Å². The molecule has 22 N–H and O–H groups in total. The van der Waals surface area contributed by atoms with Gasteiger partial charge in [-0.25, -0.2) is 19.7 Å². The Labute approximate surface area is 480 Å². The van der Waals surface area contributed by atoms with Crippen molar-refractivity contribution in [1.29, 1.82) is 0 Å². The van der Waals surface area contributed by atoms with Gasteiger partial charge in [0.2, 0.25) is 70.9 Å². The number of H-pyrrole nitrogens is 3. The number of aromatic nitrogens is 6. The van der Waals surface area contributed by atoms with Gasteiger partial charge >= 0.3 is 17.9 Å². The van der Waals surface area contributed by atoms with E-state index in [2.05, 4.69) is 83.1 Å². The second-order valence-corrected chi connectivity index (χ2v) is 18.9. The summed E-state index contributed by atoms with van der Waals surface area (Å²) in [6.07, 6.45) is 4.35. The van der Waals surface area contributed by atoms with Crippen molar-refractivity contribution in [2.75, 3.05) is 32.8 Å². The van der Waals surface area contributed by atoms with E-state index in [4.69, 9.17) is 16.6 Å². The van der Waals surface area contributed by atoms with Crippen molar-refractivity contribution < 1.29 is 92.3 Å². The van der Waals surface area contributed by atoms with Crippen LogP contribution in [0.1, 0.15) is 56.6 Å². The third-order valence-corrected chi connectivity index (χ3v) is 11.7. The summed E-state index contributed by atoms with van der Waals surface area (Å²) in [6.45, 7) is -1.49. The summed E-state index contributed by atoms with van der Waals surface area (Å²) < 4.78 is 0. The van der Waals surface area contributed by atoms with Gasteiger partial charge in [0.15, 0.2) is 0 Å². The summed E-state index contributed by atoms with van der Waals surface area (Å²) in [7, 11) is 0. The van der Waals surface area contributed by atoms with Gasteiger partial charge in [-0.05, 0) is 12.3 Å². The SMILES string of the molecule is CC(C)[C@H](NC(=O)CNC(=O)[C@H](Cc1cnc[nH]1)NC(=O)[C@H](CCC(N)=O)NC(=O)CNC(=O)[C@H](Cc1cnc[nH]1)NC(=O)CNC(=O)[C@H](CO)NC(=O)[C@H](CC(=O)O)NC(=O)CNC(=O)[C@@H](N)Cc1cnc[nH]1)C(=O)N[C@@H](CC(=O)O)C(=O)O. The Bertz CT molecular complexity index is 2830. The van der Waals surface area contributed by atoms with Gasteiger partial charge in [-0.1, -0.05) is 13.8 Å². The van der Waals surface area contributed by atoms with Crippen molar-refractivity contribution in [3.8, 4) is 0 Å². The Morgan fingerprint density at radius 2 is 0.847 bits per heavy atom. The molecule has 0 radical (unpaired) electrons. The topological polar surface area (TPSA) is 607 Å². The fraction of sp³-hybridized carbons (Fsp3) is 0.489. The molecule has 0 aliphatic carbocycles. The quantitative estimate of drug-likeness (QED) is 0.0253. The van der Waals surface area contributed by atoms with Gasteiger partial charge in [0.25, 0.3) is 0 Å². The lowest BCUT2D eigenvalue weighted by Crippen LogP contribution is -2.58. The van der Waals surface area contributed by atoms with Crippen LogP contribution in [0.25, 0.3) is 0 Å². The van der Waals surface area contributed by atoms with E-state index in [-0.39, 0.29) is 30.7 Å². The highest BCUT2D eigenvalue weighted by atomic mass is 16.4. The smallest absolute Gasteiger partial charge is 0.326 e. The number of aromatic amines is 3. The zero-order valence-corrected chi connectivity index (χ0v) is 45.6. The van der Waals surface area contributed by atoms with Crippen LogP contribution in [0.2, 0.25) is 0 Å². The lowest BCUT2D eigenvalue weighted by atomic mass is 10.0. The Hall–Kier alpha value is -10.4. The first-order valence-electron chi connectivity index (χ1n) is 25.6. The first-order valence-corrected chi connectivity index (χ1v) is 25.6. The van der Waals surface area contributed by atoms with Crippen LogP contribution in [0, 0.1) is 5.92 Å². The first kappa shape index (κ1) is 68.9. The number of primary amides is 1. The zero-order chi connectivity index (χ0) is 63.3. The van der Waals surface area contributed by atoms with E-state index in [1.54, 1.807) is 0 Å². The van der Waals surface area contributed by atoms with Crippen molar-refractivity contribution in [1.82, 2.24) is 88.4 Å². The van der Waals surface area contributed by atoms with Crippen molar-refractivity contribution in [3.05, 3.63) is 54.7 Å². The molecule has 38 heteroatoms. The standard InChI is InChI=1S/C47H67N19O19/c1-21(2)39(46(83)64-30(47(84)85)9-38(75)76)66-36(72)16-55-42(79)28(7-24-12-52-20-59-24)63-44(81)26(3-4-32(49)68)60-33(69)14-54-41(78)27(6-23-11-51-19-58-23)61-35(71)15-56-43(80)31(17-67)65-45(82)29(8-37(73)74)62-34(70)13-53-40(77)25(48)5-22-10-50-18-57-22/h10-12,18-21,25-31,39,67H,3-9,13-17,48H2,1-2H3,(H2,49,68)(H,50,57)(H,51,58)(H,52,59)(H,53,77)(H,54,78)(H,55,79)(H,56,80)(H,60,69)(H,61,71)(H,62,70)(H,63,81)(H,64,83)(H,65,82)(H,66,72)(H,73,74)(H,75,76)(H,84,85)/t25-,26-,27-,28-,29-,30-,31-,39-/m0/s1. The number of carbonyl (C=O) groups is 15. The molecule has 464 valence electrons. The van der Waals surface area contributed by atoms with Gasteiger partial charge in [-0.15, -0.1) is 0 Å². The highest BCUT2D eigenvalue weighted by Gasteiger charge is 2.33. The van der Waals surface area contributed by atoms with E-state index in [1.165, 1.54) is 51.4 Å². The number of aliphatic hydroxyl groups excluding tert-OH is 1. The maximum Gasteiger partial charge on any atom is 0.326 e. The number of nitrogens with two attached hydrogens (primary N) is 2. The molecule has 0 fully saturated rings. The van der Waals surface area contributed by atoms with Gasteiger partial charge in [0.05, 0.1) is 70.7 Å². The van der Waals surface area contributed by atoms with Gasteiger partial charge < -0.3 is 105 Å². The summed E-state index contributed by atoms with van der Waals surface area (Å²) in [4.78, 5) is 210. The summed E-state index contributed by atoms with van der Waals surface area (Å²) in [5.41, 5.74) is 12.2. The molecule has 0 aromatic carbocycles. The number of carboxylic acid groups (broad SMARTS) is 3. The molecule has 0 aliphatic heterocycles. The highest BCUT2D eigenvalue weighted by Crippen LogP contribution is 2.07. The molecule has 8 atom stereocenters. The average molecular weight is 1200 g/mol. The van der Waals surface area contributed by atoms with Crippen LogP contribution in [-0.2, 0) is 91.2 Å². The van der Waals surface area contributed by atoms with Gasteiger partial charge in [0.1, 0.15) is 42.3 Å².